The van der Waals surface area contributed by atoms with Gasteiger partial charge in [0, 0.05) is 57.4 Å². The fourth-order valence-corrected chi connectivity index (χ4v) is 3.66. The summed E-state index contributed by atoms with van der Waals surface area (Å²) in [6, 6.07) is 5.52. The fraction of sp³-hybridized carbons (Fsp3) is 0.350. The van der Waals surface area contributed by atoms with E-state index in [0.717, 1.165) is 18.5 Å². The van der Waals surface area contributed by atoms with E-state index in [1.54, 1.807) is 55.5 Å². The van der Waals surface area contributed by atoms with E-state index < -0.39 is 0 Å². The molecule has 1 aliphatic heterocycles. The number of hydrogen-bond donors (Lipinski definition) is 0. The van der Waals surface area contributed by atoms with Gasteiger partial charge in [0.2, 0.25) is 0 Å². The van der Waals surface area contributed by atoms with Crippen molar-refractivity contribution in [2.24, 2.45) is 0 Å². The minimum Gasteiger partial charge on any atom is -0.345 e. The van der Waals surface area contributed by atoms with Crippen molar-refractivity contribution >= 4 is 17.5 Å². The molecular weight excluding hydrogens is 356 g/mol. The lowest BCUT2D eigenvalue weighted by Gasteiger charge is -2.32. The average molecular weight is 378 g/mol. The van der Waals surface area contributed by atoms with Gasteiger partial charge in [0.25, 0.3) is 11.8 Å². The Morgan fingerprint density at radius 3 is 2.57 bits per heavy atom. The van der Waals surface area contributed by atoms with E-state index in [1.807, 2.05) is 11.0 Å². The fourth-order valence-electron chi connectivity index (χ4n) is 3.66. The number of carbonyl (C=O) groups excluding carboxylic acids is 2. The number of fused-ring (bicyclic) bond motifs is 1. The van der Waals surface area contributed by atoms with Crippen molar-refractivity contribution in [1.29, 1.82) is 0 Å². The van der Waals surface area contributed by atoms with E-state index >= 15 is 0 Å². The Balaban J connectivity index is 1.53. The Labute approximate surface area is 162 Å². The molecule has 3 aromatic rings. The van der Waals surface area contributed by atoms with Crippen molar-refractivity contribution in [3.8, 4) is 0 Å². The van der Waals surface area contributed by atoms with Crippen molar-refractivity contribution in [3.63, 3.8) is 0 Å². The second kappa shape index (κ2) is 7.38. The van der Waals surface area contributed by atoms with Crippen LogP contribution in [0.2, 0.25) is 0 Å². The lowest BCUT2D eigenvalue weighted by molar-refractivity contribution is 0.0710. The van der Waals surface area contributed by atoms with Gasteiger partial charge in [-0.05, 0) is 31.0 Å². The van der Waals surface area contributed by atoms with Gasteiger partial charge in [0.05, 0.1) is 11.8 Å². The third-order valence-electron chi connectivity index (χ3n) is 5.18. The second-order valence-electron chi connectivity index (χ2n) is 7.17. The van der Waals surface area contributed by atoms with Crippen LogP contribution in [0, 0.1) is 0 Å². The molecule has 0 spiro atoms. The van der Waals surface area contributed by atoms with Gasteiger partial charge < -0.3 is 9.80 Å². The molecule has 8 nitrogen and oxygen atoms in total. The summed E-state index contributed by atoms with van der Waals surface area (Å²) in [6.45, 7) is 1.35. The summed E-state index contributed by atoms with van der Waals surface area (Å²) in [5.74, 6) is 0.159. The number of aromatic nitrogens is 4. The maximum atomic E-state index is 12.6. The Kier molecular flexibility index (Phi) is 4.77. The van der Waals surface area contributed by atoms with Gasteiger partial charge in [-0.15, -0.1) is 0 Å². The minimum absolute atomic E-state index is 0.0179. The van der Waals surface area contributed by atoms with Gasteiger partial charge in [-0.2, -0.15) is 5.10 Å². The van der Waals surface area contributed by atoms with Crippen LogP contribution in [-0.4, -0.2) is 68.4 Å². The smallest absolute Gasteiger partial charge is 0.258 e. The molecule has 8 heteroatoms. The molecule has 0 saturated carbocycles. The molecule has 0 aromatic carbocycles. The molecule has 3 aromatic heterocycles. The number of amides is 2. The van der Waals surface area contributed by atoms with Crippen LogP contribution in [0.5, 0.6) is 0 Å². The first-order valence-electron chi connectivity index (χ1n) is 9.30. The van der Waals surface area contributed by atoms with Gasteiger partial charge in [0.15, 0.2) is 5.65 Å². The number of hydrogen-bond acceptors (Lipinski definition) is 5. The third-order valence-corrected chi connectivity index (χ3v) is 5.18. The second-order valence-corrected chi connectivity index (χ2v) is 7.17. The summed E-state index contributed by atoms with van der Waals surface area (Å²) >= 11 is 0. The molecule has 0 radical (unpaired) electrons. The summed E-state index contributed by atoms with van der Waals surface area (Å²) in [4.78, 5) is 36.7. The summed E-state index contributed by atoms with van der Waals surface area (Å²) in [5, 5.41) is 4.42. The van der Waals surface area contributed by atoms with Gasteiger partial charge in [-0.3, -0.25) is 14.6 Å². The van der Waals surface area contributed by atoms with Crippen molar-refractivity contribution in [2.75, 3.05) is 27.2 Å². The van der Waals surface area contributed by atoms with E-state index in [-0.39, 0.29) is 17.7 Å². The van der Waals surface area contributed by atoms with Crippen LogP contribution in [0.1, 0.15) is 45.2 Å². The van der Waals surface area contributed by atoms with Gasteiger partial charge in [-0.25, -0.2) is 9.50 Å². The molecule has 0 unspecified atom stereocenters. The standard InChI is InChI=1S/C20H22N6O2/c1-24(2)20(28)16-13-23-26-17(5-9-22-18(16)26)14-6-10-25(11-7-14)19(27)15-4-3-8-21-12-15/h3-5,8-9,12-14H,6-7,10-11H2,1-2H3. The van der Waals surface area contributed by atoms with Crippen molar-refractivity contribution in [3.05, 3.63) is 59.8 Å². The number of piperidine rings is 1. The number of rotatable bonds is 3. The molecule has 0 aliphatic carbocycles. The maximum Gasteiger partial charge on any atom is 0.258 e. The third kappa shape index (κ3) is 3.21. The van der Waals surface area contributed by atoms with Crippen LogP contribution in [0.4, 0.5) is 0 Å². The monoisotopic (exact) mass is 378 g/mol. The van der Waals surface area contributed by atoms with Crippen LogP contribution >= 0.6 is 0 Å². The Morgan fingerprint density at radius 1 is 1.11 bits per heavy atom. The highest BCUT2D eigenvalue weighted by Gasteiger charge is 2.27. The molecular formula is C20H22N6O2. The minimum atomic E-state index is -0.114. The molecule has 0 bridgehead atoms. The molecule has 1 saturated heterocycles. The number of likely N-dealkylation sites (tertiary alicyclic amines) is 1. The molecule has 4 rings (SSSR count). The molecule has 2 amide bonds. The number of carbonyl (C=O) groups is 2. The maximum absolute atomic E-state index is 12.6. The number of nitrogens with zero attached hydrogens (tertiary/aromatic N) is 6. The molecule has 0 atom stereocenters. The van der Waals surface area contributed by atoms with Crippen LogP contribution in [0.15, 0.2) is 43.0 Å². The lowest BCUT2D eigenvalue weighted by atomic mass is 9.93. The van der Waals surface area contributed by atoms with Crippen LogP contribution in [0.3, 0.4) is 0 Å². The summed E-state index contributed by atoms with van der Waals surface area (Å²) < 4.78 is 1.76. The highest BCUT2D eigenvalue weighted by molar-refractivity contribution is 5.99. The zero-order chi connectivity index (χ0) is 19.7. The van der Waals surface area contributed by atoms with E-state index in [4.69, 9.17) is 0 Å². The molecule has 1 fully saturated rings. The Morgan fingerprint density at radius 2 is 1.89 bits per heavy atom. The van der Waals surface area contributed by atoms with Crippen molar-refractivity contribution in [1.82, 2.24) is 29.4 Å². The summed E-state index contributed by atoms with van der Waals surface area (Å²) in [6.07, 6.45) is 8.25. The average Bonchev–Trinajstić information content (AvgIpc) is 3.17. The predicted octanol–water partition coefficient (Wildman–Crippen LogP) is 1.85. The van der Waals surface area contributed by atoms with E-state index in [9.17, 15) is 9.59 Å². The van der Waals surface area contributed by atoms with E-state index in [1.165, 1.54) is 4.90 Å². The topological polar surface area (TPSA) is 83.7 Å². The SMILES string of the molecule is CN(C)C(=O)c1cnn2c(C3CCN(C(=O)c4cccnc4)CC3)ccnc12. The highest BCUT2D eigenvalue weighted by atomic mass is 16.2. The van der Waals surface area contributed by atoms with Crippen LogP contribution in [-0.2, 0) is 0 Å². The van der Waals surface area contributed by atoms with Gasteiger partial charge in [0.1, 0.15) is 5.56 Å². The number of pyridine rings is 1. The van der Waals surface area contributed by atoms with E-state index in [0.29, 0.717) is 29.9 Å². The van der Waals surface area contributed by atoms with Crippen molar-refractivity contribution in [2.45, 2.75) is 18.8 Å². The quantitative estimate of drug-likeness (QED) is 0.694. The molecule has 28 heavy (non-hydrogen) atoms. The largest absolute Gasteiger partial charge is 0.345 e. The summed E-state index contributed by atoms with van der Waals surface area (Å²) in [5.41, 5.74) is 2.71. The van der Waals surface area contributed by atoms with Gasteiger partial charge in [-0.1, -0.05) is 0 Å². The first kappa shape index (κ1) is 18.1. The normalized spacial score (nSPS) is 15.0. The first-order chi connectivity index (χ1) is 13.6. The molecule has 1 aliphatic rings. The van der Waals surface area contributed by atoms with Crippen LogP contribution in [0.25, 0.3) is 5.65 Å². The molecule has 0 N–H and O–H groups in total. The molecule has 144 valence electrons. The highest BCUT2D eigenvalue weighted by Crippen LogP contribution is 2.29. The van der Waals surface area contributed by atoms with Gasteiger partial charge >= 0.3 is 0 Å². The Bertz CT molecular complexity index is 1010. The zero-order valence-electron chi connectivity index (χ0n) is 15.9. The predicted molar refractivity (Wildman–Crippen MR) is 103 cm³/mol. The van der Waals surface area contributed by atoms with Crippen molar-refractivity contribution < 1.29 is 9.59 Å². The Hall–Kier alpha value is -3.29. The summed E-state index contributed by atoms with van der Waals surface area (Å²) in [7, 11) is 3.43. The lowest BCUT2D eigenvalue weighted by Crippen LogP contribution is -2.38. The first-order valence-corrected chi connectivity index (χ1v) is 9.30. The zero-order valence-corrected chi connectivity index (χ0v) is 15.9. The molecule has 4 heterocycles. The van der Waals surface area contributed by atoms with E-state index in [2.05, 4.69) is 15.1 Å². The van der Waals surface area contributed by atoms with Crippen LogP contribution < -0.4 is 0 Å².